The number of hydrogen-bond acceptors (Lipinski definition) is 4. The summed E-state index contributed by atoms with van der Waals surface area (Å²) in [5, 5.41) is 14.3. The standard InChI is InChI=1S/C16H12BrClN2O4S/c1-24-13-5-2-8(17)6-11(13)14(21)20-16(25)19-9-3-4-10(15(22)23)12(18)7-9/h2-7H,1H3,(H,22,23)(H2,19,20,21,25). The van der Waals surface area contributed by atoms with E-state index in [1.807, 2.05) is 0 Å². The van der Waals surface area contributed by atoms with Crippen molar-refractivity contribution < 1.29 is 19.4 Å². The lowest BCUT2D eigenvalue weighted by Crippen LogP contribution is -2.34. The van der Waals surface area contributed by atoms with Crippen molar-refractivity contribution >= 4 is 62.4 Å². The summed E-state index contributed by atoms with van der Waals surface area (Å²) < 4.78 is 5.87. The third-order valence-corrected chi connectivity index (χ3v) is 4.10. The van der Waals surface area contributed by atoms with E-state index in [1.54, 1.807) is 18.2 Å². The van der Waals surface area contributed by atoms with E-state index in [1.165, 1.54) is 25.3 Å². The number of carboxylic acid groups (broad SMARTS) is 1. The highest BCUT2D eigenvalue weighted by atomic mass is 79.9. The number of amides is 1. The summed E-state index contributed by atoms with van der Waals surface area (Å²) in [6.07, 6.45) is 0. The molecule has 0 atom stereocenters. The number of carbonyl (C=O) groups is 2. The van der Waals surface area contributed by atoms with E-state index in [-0.39, 0.29) is 15.7 Å². The molecule has 9 heteroatoms. The van der Waals surface area contributed by atoms with Crippen molar-refractivity contribution in [2.24, 2.45) is 0 Å². The molecule has 0 radical (unpaired) electrons. The van der Waals surface area contributed by atoms with E-state index < -0.39 is 11.9 Å². The molecular formula is C16H12BrClN2O4S. The summed E-state index contributed by atoms with van der Waals surface area (Å²) in [5.74, 6) is -1.18. The van der Waals surface area contributed by atoms with E-state index in [9.17, 15) is 9.59 Å². The van der Waals surface area contributed by atoms with Crippen LogP contribution in [-0.4, -0.2) is 29.2 Å². The van der Waals surface area contributed by atoms with Gasteiger partial charge in [0, 0.05) is 10.2 Å². The van der Waals surface area contributed by atoms with Gasteiger partial charge in [0.15, 0.2) is 5.11 Å². The van der Waals surface area contributed by atoms with E-state index in [0.29, 0.717) is 21.5 Å². The van der Waals surface area contributed by atoms with Gasteiger partial charge in [-0.25, -0.2) is 4.79 Å². The second-order valence-electron chi connectivity index (χ2n) is 4.75. The summed E-state index contributed by atoms with van der Waals surface area (Å²) >= 11 is 14.3. The molecule has 0 fully saturated rings. The molecule has 0 saturated carbocycles. The molecule has 0 aliphatic carbocycles. The van der Waals surface area contributed by atoms with Crippen LogP contribution in [0, 0.1) is 0 Å². The van der Waals surface area contributed by atoms with Gasteiger partial charge in [-0.15, -0.1) is 0 Å². The molecule has 6 nitrogen and oxygen atoms in total. The van der Waals surface area contributed by atoms with Crippen molar-refractivity contribution in [2.75, 3.05) is 12.4 Å². The number of thiocarbonyl (C=S) groups is 1. The number of anilines is 1. The molecule has 1 amide bonds. The average molecular weight is 444 g/mol. The fraction of sp³-hybridized carbons (Fsp3) is 0.0625. The Morgan fingerprint density at radius 3 is 2.52 bits per heavy atom. The van der Waals surface area contributed by atoms with Gasteiger partial charge < -0.3 is 15.2 Å². The minimum absolute atomic E-state index is 0.0268. The first-order chi connectivity index (χ1) is 11.8. The van der Waals surface area contributed by atoms with Gasteiger partial charge in [-0.3, -0.25) is 10.1 Å². The Balaban J connectivity index is 2.10. The van der Waals surface area contributed by atoms with E-state index >= 15 is 0 Å². The maximum Gasteiger partial charge on any atom is 0.337 e. The molecule has 2 aromatic rings. The summed E-state index contributed by atoms with van der Waals surface area (Å²) in [6.45, 7) is 0. The fourth-order valence-electron chi connectivity index (χ4n) is 1.96. The lowest BCUT2D eigenvalue weighted by Gasteiger charge is -2.12. The van der Waals surface area contributed by atoms with Gasteiger partial charge >= 0.3 is 5.97 Å². The summed E-state index contributed by atoms with van der Waals surface area (Å²) in [4.78, 5) is 23.3. The number of carbonyl (C=O) groups excluding carboxylic acids is 1. The smallest absolute Gasteiger partial charge is 0.337 e. The number of carboxylic acids is 1. The number of halogens is 2. The molecule has 0 bridgehead atoms. The Morgan fingerprint density at radius 2 is 1.92 bits per heavy atom. The second kappa shape index (κ2) is 8.28. The predicted octanol–water partition coefficient (Wildman–Crippen LogP) is 3.94. The second-order valence-corrected chi connectivity index (χ2v) is 6.48. The number of ether oxygens (including phenoxy) is 1. The summed E-state index contributed by atoms with van der Waals surface area (Å²) in [7, 11) is 1.46. The molecule has 2 aromatic carbocycles. The van der Waals surface area contributed by atoms with Crippen LogP contribution in [0.2, 0.25) is 5.02 Å². The van der Waals surface area contributed by atoms with Gasteiger partial charge in [0.05, 0.1) is 23.3 Å². The Bertz CT molecular complexity index is 860. The SMILES string of the molecule is COc1ccc(Br)cc1C(=O)NC(=S)Nc1ccc(C(=O)O)c(Cl)c1. The minimum atomic E-state index is -1.13. The Labute approximate surface area is 162 Å². The zero-order valence-electron chi connectivity index (χ0n) is 12.8. The topological polar surface area (TPSA) is 87.7 Å². The van der Waals surface area contributed by atoms with Crippen LogP contribution in [0.5, 0.6) is 5.75 Å². The molecule has 2 rings (SSSR count). The van der Waals surface area contributed by atoms with E-state index in [2.05, 4.69) is 26.6 Å². The number of methoxy groups -OCH3 is 1. The number of hydrogen-bond donors (Lipinski definition) is 3. The van der Waals surface area contributed by atoms with Crippen LogP contribution >= 0.6 is 39.7 Å². The normalized spacial score (nSPS) is 10.0. The van der Waals surface area contributed by atoms with Crippen LogP contribution in [0.3, 0.4) is 0 Å². The Hall–Kier alpha value is -2.16. The molecule has 0 spiro atoms. The number of aromatic carboxylic acids is 1. The van der Waals surface area contributed by atoms with Gasteiger partial charge in [-0.05, 0) is 48.6 Å². The third-order valence-electron chi connectivity index (χ3n) is 3.09. The van der Waals surface area contributed by atoms with Crippen molar-refractivity contribution in [2.45, 2.75) is 0 Å². The molecular weight excluding hydrogens is 432 g/mol. The monoisotopic (exact) mass is 442 g/mol. The fourth-order valence-corrected chi connectivity index (χ4v) is 2.79. The quantitative estimate of drug-likeness (QED) is 0.621. The van der Waals surface area contributed by atoms with Crippen LogP contribution in [0.15, 0.2) is 40.9 Å². The zero-order valence-corrected chi connectivity index (χ0v) is 16.0. The third kappa shape index (κ3) is 4.91. The highest BCUT2D eigenvalue weighted by molar-refractivity contribution is 9.10. The zero-order chi connectivity index (χ0) is 18.6. The first-order valence-electron chi connectivity index (χ1n) is 6.80. The van der Waals surface area contributed by atoms with Crippen LogP contribution in [0.1, 0.15) is 20.7 Å². The molecule has 0 aliphatic rings. The number of rotatable bonds is 4. The van der Waals surface area contributed by atoms with Crippen molar-refractivity contribution in [1.82, 2.24) is 5.32 Å². The lowest BCUT2D eigenvalue weighted by molar-refractivity contribution is 0.0697. The molecule has 0 aromatic heterocycles. The molecule has 0 heterocycles. The minimum Gasteiger partial charge on any atom is -0.496 e. The van der Waals surface area contributed by atoms with Gasteiger partial charge in [-0.2, -0.15) is 0 Å². The molecule has 0 unspecified atom stereocenters. The van der Waals surface area contributed by atoms with Crippen LogP contribution in [0.4, 0.5) is 5.69 Å². The van der Waals surface area contributed by atoms with E-state index in [0.717, 1.165) is 0 Å². The van der Waals surface area contributed by atoms with Crippen molar-refractivity contribution in [3.8, 4) is 5.75 Å². The highest BCUT2D eigenvalue weighted by Gasteiger charge is 2.15. The lowest BCUT2D eigenvalue weighted by atomic mass is 10.2. The molecule has 0 saturated heterocycles. The largest absolute Gasteiger partial charge is 0.496 e. The predicted molar refractivity (Wildman–Crippen MR) is 103 cm³/mol. The van der Waals surface area contributed by atoms with Crippen LogP contribution < -0.4 is 15.4 Å². The van der Waals surface area contributed by atoms with Crippen molar-refractivity contribution in [3.05, 3.63) is 57.0 Å². The van der Waals surface area contributed by atoms with Gasteiger partial charge in [0.2, 0.25) is 0 Å². The molecule has 0 aliphatic heterocycles. The van der Waals surface area contributed by atoms with Crippen LogP contribution in [-0.2, 0) is 0 Å². The average Bonchev–Trinajstić information content (AvgIpc) is 2.54. The maximum absolute atomic E-state index is 12.3. The molecule has 25 heavy (non-hydrogen) atoms. The highest BCUT2D eigenvalue weighted by Crippen LogP contribution is 2.23. The summed E-state index contributed by atoms with van der Waals surface area (Å²) in [5.41, 5.74) is 0.725. The van der Waals surface area contributed by atoms with E-state index in [4.69, 9.17) is 33.7 Å². The first-order valence-corrected chi connectivity index (χ1v) is 8.38. The van der Waals surface area contributed by atoms with Crippen LogP contribution in [0.25, 0.3) is 0 Å². The maximum atomic E-state index is 12.3. The number of nitrogens with one attached hydrogen (secondary N) is 2. The first kappa shape index (κ1) is 19.2. The van der Waals surface area contributed by atoms with Crippen molar-refractivity contribution in [3.63, 3.8) is 0 Å². The Morgan fingerprint density at radius 1 is 1.20 bits per heavy atom. The van der Waals surface area contributed by atoms with Gasteiger partial charge in [-0.1, -0.05) is 27.5 Å². The van der Waals surface area contributed by atoms with Gasteiger partial charge in [0.25, 0.3) is 5.91 Å². The van der Waals surface area contributed by atoms with Crippen molar-refractivity contribution in [1.29, 1.82) is 0 Å². The summed E-state index contributed by atoms with van der Waals surface area (Å²) in [6, 6.07) is 9.25. The van der Waals surface area contributed by atoms with Gasteiger partial charge in [0.1, 0.15) is 5.75 Å². The Kier molecular flexibility index (Phi) is 6.35. The number of benzene rings is 2. The molecule has 3 N–H and O–H groups in total. The molecule has 130 valence electrons.